The van der Waals surface area contributed by atoms with Crippen molar-refractivity contribution in [1.29, 1.82) is 0 Å². The van der Waals surface area contributed by atoms with Crippen molar-refractivity contribution in [3.63, 3.8) is 0 Å². The Hall–Kier alpha value is -0.530. The Bertz CT molecular complexity index is 394. The summed E-state index contributed by atoms with van der Waals surface area (Å²) in [6.07, 6.45) is 5.19. The van der Waals surface area contributed by atoms with E-state index < -0.39 is 0 Å². The third kappa shape index (κ3) is 4.22. The summed E-state index contributed by atoms with van der Waals surface area (Å²) in [5.41, 5.74) is 1.35. The van der Waals surface area contributed by atoms with Gasteiger partial charge in [0.15, 0.2) is 0 Å². The summed E-state index contributed by atoms with van der Waals surface area (Å²) in [6.45, 7) is 4.80. The predicted octanol–water partition coefficient (Wildman–Crippen LogP) is 4.54. The molecule has 0 spiro atoms. The molecule has 0 bridgehead atoms. The third-order valence-corrected chi connectivity index (χ3v) is 4.73. The van der Waals surface area contributed by atoms with E-state index in [9.17, 15) is 0 Å². The van der Waals surface area contributed by atoms with Crippen LogP contribution in [0.2, 0.25) is 5.02 Å². The number of hydrogen-bond acceptors (Lipinski definition) is 1. The van der Waals surface area contributed by atoms with E-state index in [1.54, 1.807) is 0 Å². The molecule has 3 atom stereocenters. The lowest BCUT2D eigenvalue weighted by molar-refractivity contribution is 0.179. The van der Waals surface area contributed by atoms with Crippen molar-refractivity contribution in [2.24, 2.45) is 17.8 Å². The van der Waals surface area contributed by atoms with Gasteiger partial charge >= 0.3 is 0 Å². The van der Waals surface area contributed by atoms with Crippen LogP contribution in [-0.2, 0) is 6.42 Å². The molecule has 1 N–H and O–H groups in total. The van der Waals surface area contributed by atoms with Crippen LogP contribution >= 0.6 is 11.6 Å². The molecule has 3 unspecified atom stereocenters. The number of likely N-dealkylation sites (N-methyl/N-ethyl adjacent to an activating group) is 1. The fourth-order valence-corrected chi connectivity index (χ4v) is 3.97. The lowest BCUT2D eigenvalue weighted by atomic mass is 9.73. The largest absolute Gasteiger partial charge is 0.316 e. The van der Waals surface area contributed by atoms with Crippen molar-refractivity contribution in [3.8, 4) is 0 Å². The number of nitrogens with one attached hydrogen (secondary N) is 1. The molecule has 0 aliphatic heterocycles. The Morgan fingerprint density at radius 3 is 2.47 bits per heavy atom. The molecular weight excluding hydrogens is 254 g/mol. The molecule has 1 saturated carbocycles. The van der Waals surface area contributed by atoms with Gasteiger partial charge < -0.3 is 5.32 Å². The minimum Gasteiger partial charge on any atom is -0.316 e. The van der Waals surface area contributed by atoms with Crippen molar-refractivity contribution < 1.29 is 0 Å². The van der Waals surface area contributed by atoms with E-state index in [-0.39, 0.29) is 0 Å². The second-order valence-corrected chi connectivity index (χ2v) is 6.84. The Kier molecular flexibility index (Phi) is 5.29. The average Bonchev–Trinajstić information content (AvgIpc) is 2.34. The summed E-state index contributed by atoms with van der Waals surface area (Å²) in [5, 5.41) is 4.38. The summed E-state index contributed by atoms with van der Waals surface area (Å²) in [5.74, 6) is 2.52. The topological polar surface area (TPSA) is 12.0 Å². The minimum absolute atomic E-state index is 0.573. The molecule has 0 saturated heterocycles. The van der Waals surface area contributed by atoms with Crippen LogP contribution in [0.1, 0.15) is 38.7 Å². The number of halogens is 1. The molecule has 0 heterocycles. The van der Waals surface area contributed by atoms with Gasteiger partial charge in [0.2, 0.25) is 0 Å². The molecule has 0 amide bonds. The summed E-state index contributed by atoms with van der Waals surface area (Å²) < 4.78 is 0. The quantitative estimate of drug-likeness (QED) is 0.853. The van der Waals surface area contributed by atoms with E-state index in [0.29, 0.717) is 6.04 Å². The molecule has 2 heteroatoms. The lowest BCUT2D eigenvalue weighted by Gasteiger charge is -2.36. The molecule has 19 heavy (non-hydrogen) atoms. The van der Waals surface area contributed by atoms with Crippen LogP contribution in [0.25, 0.3) is 0 Å². The van der Waals surface area contributed by atoms with Crippen LogP contribution in [0.5, 0.6) is 0 Å². The van der Waals surface area contributed by atoms with Gasteiger partial charge in [-0.15, -0.1) is 0 Å². The summed E-state index contributed by atoms with van der Waals surface area (Å²) in [4.78, 5) is 0. The normalized spacial score (nSPS) is 29.2. The minimum atomic E-state index is 0.573. The van der Waals surface area contributed by atoms with Gasteiger partial charge in [-0.05, 0) is 68.2 Å². The number of benzene rings is 1. The highest BCUT2D eigenvalue weighted by atomic mass is 35.5. The van der Waals surface area contributed by atoms with Crippen molar-refractivity contribution in [3.05, 3.63) is 34.9 Å². The van der Waals surface area contributed by atoms with Crippen LogP contribution in [0.4, 0.5) is 0 Å². The Morgan fingerprint density at radius 2 is 1.89 bits per heavy atom. The molecule has 1 nitrogen and oxygen atoms in total. The van der Waals surface area contributed by atoms with Crippen LogP contribution in [0.3, 0.4) is 0 Å². The standard InChI is InChI=1S/C17H26ClN/c1-12-7-13(2)9-15(8-12)17(19-3)11-14-5-4-6-16(18)10-14/h4-6,10,12-13,15,17,19H,7-9,11H2,1-3H3. The second kappa shape index (κ2) is 6.76. The van der Waals surface area contributed by atoms with Crippen molar-refractivity contribution >= 4 is 11.6 Å². The first-order valence-electron chi connectivity index (χ1n) is 7.50. The maximum absolute atomic E-state index is 6.08. The van der Waals surface area contributed by atoms with Gasteiger partial charge in [-0.25, -0.2) is 0 Å². The molecule has 0 aromatic heterocycles. The van der Waals surface area contributed by atoms with Crippen LogP contribution in [0.15, 0.2) is 24.3 Å². The maximum atomic E-state index is 6.08. The fourth-order valence-electron chi connectivity index (χ4n) is 3.76. The highest BCUT2D eigenvalue weighted by Crippen LogP contribution is 2.35. The summed E-state index contributed by atoms with van der Waals surface area (Å²) >= 11 is 6.08. The average molecular weight is 280 g/mol. The van der Waals surface area contributed by atoms with Crippen LogP contribution in [0, 0.1) is 17.8 Å². The fraction of sp³-hybridized carbons (Fsp3) is 0.647. The van der Waals surface area contributed by atoms with Crippen LogP contribution in [-0.4, -0.2) is 13.1 Å². The molecule has 1 aromatic rings. The molecule has 1 aromatic carbocycles. The van der Waals surface area contributed by atoms with E-state index in [0.717, 1.165) is 29.2 Å². The predicted molar refractivity (Wildman–Crippen MR) is 83.7 cm³/mol. The van der Waals surface area contributed by atoms with Gasteiger partial charge in [0.05, 0.1) is 0 Å². The Labute approximate surface area is 122 Å². The molecule has 0 radical (unpaired) electrons. The van der Waals surface area contributed by atoms with E-state index in [1.807, 2.05) is 6.07 Å². The van der Waals surface area contributed by atoms with Gasteiger partial charge in [0, 0.05) is 11.1 Å². The Morgan fingerprint density at radius 1 is 1.21 bits per heavy atom. The van der Waals surface area contributed by atoms with Crippen molar-refractivity contribution in [1.82, 2.24) is 5.32 Å². The van der Waals surface area contributed by atoms with Gasteiger partial charge in [0.25, 0.3) is 0 Å². The van der Waals surface area contributed by atoms with Crippen LogP contribution < -0.4 is 5.32 Å². The first kappa shape index (κ1) is 14.9. The number of rotatable bonds is 4. The first-order chi connectivity index (χ1) is 9.08. The van der Waals surface area contributed by atoms with Gasteiger partial charge in [0.1, 0.15) is 0 Å². The molecule has 1 aliphatic rings. The summed E-state index contributed by atoms with van der Waals surface area (Å²) in [6, 6.07) is 8.86. The number of hydrogen-bond donors (Lipinski definition) is 1. The second-order valence-electron chi connectivity index (χ2n) is 6.41. The van der Waals surface area contributed by atoms with Crippen molar-refractivity contribution in [2.45, 2.75) is 45.6 Å². The highest BCUT2D eigenvalue weighted by Gasteiger charge is 2.29. The lowest BCUT2D eigenvalue weighted by Crippen LogP contribution is -2.39. The molecule has 2 rings (SSSR count). The molecule has 1 aliphatic carbocycles. The first-order valence-corrected chi connectivity index (χ1v) is 7.88. The SMILES string of the molecule is CNC(Cc1cccc(Cl)c1)C1CC(C)CC(C)C1. The molecule has 106 valence electrons. The zero-order valence-corrected chi connectivity index (χ0v) is 13.1. The zero-order chi connectivity index (χ0) is 13.8. The van der Waals surface area contributed by atoms with Gasteiger partial charge in [-0.3, -0.25) is 0 Å². The van der Waals surface area contributed by atoms with Crippen molar-refractivity contribution in [2.75, 3.05) is 7.05 Å². The van der Waals surface area contributed by atoms with Gasteiger partial charge in [-0.1, -0.05) is 37.6 Å². The molecule has 1 fully saturated rings. The van der Waals surface area contributed by atoms with E-state index in [2.05, 4.69) is 44.4 Å². The smallest absolute Gasteiger partial charge is 0.0408 e. The maximum Gasteiger partial charge on any atom is 0.0408 e. The highest BCUT2D eigenvalue weighted by molar-refractivity contribution is 6.30. The van der Waals surface area contributed by atoms with E-state index in [4.69, 9.17) is 11.6 Å². The summed E-state index contributed by atoms with van der Waals surface area (Å²) in [7, 11) is 2.10. The Balaban J connectivity index is 2.03. The van der Waals surface area contributed by atoms with E-state index >= 15 is 0 Å². The zero-order valence-electron chi connectivity index (χ0n) is 12.3. The monoisotopic (exact) mass is 279 g/mol. The third-order valence-electron chi connectivity index (χ3n) is 4.50. The van der Waals surface area contributed by atoms with E-state index in [1.165, 1.54) is 24.8 Å². The molecular formula is C17H26ClN. The van der Waals surface area contributed by atoms with Gasteiger partial charge in [-0.2, -0.15) is 0 Å².